The fraction of sp³-hybridized carbons (Fsp3) is 0.208. The van der Waals surface area contributed by atoms with Crippen LogP contribution < -0.4 is 15.5 Å². The molecule has 0 aromatic heterocycles. The first kappa shape index (κ1) is 21.0. The normalized spacial score (nSPS) is 11.1. The number of amides is 2. The lowest BCUT2D eigenvalue weighted by atomic mass is 10.0. The zero-order chi connectivity index (χ0) is 21.5. The highest BCUT2D eigenvalue weighted by Crippen LogP contribution is 2.27. The summed E-state index contributed by atoms with van der Waals surface area (Å²) in [6.07, 6.45) is 2.23. The van der Waals surface area contributed by atoms with Crippen molar-refractivity contribution in [2.75, 3.05) is 5.32 Å². The molecule has 6 heteroatoms. The monoisotopic (exact) mass is 403 g/mol. The number of nitrogens with one attached hydrogen (secondary N) is 2. The maximum absolute atomic E-state index is 12.2. The van der Waals surface area contributed by atoms with Crippen LogP contribution in [0.3, 0.4) is 0 Å². The van der Waals surface area contributed by atoms with Crippen molar-refractivity contribution in [1.29, 1.82) is 0 Å². The second-order valence-electron chi connectivity index (χ2n) is 7.03. The van der Waals surface area contributed by atoms with Gasteiger partial charge in [-0.2, -0.15) is 5.10 Å². The van der Waals surface area contributed by atoms with Gasteiger partial charge in [0.05, 0.1) is 12.3 Å². The van der Waals surface area contributed by atoms with Gasteiger partial charge in [0, 0.05) is 11.3 Å². The first-order valence-electron chi connectivity index (χ1n) is 9.90. The Morgan fingerprint density at radius 1 is 1.00 bits per heavy atom. The van der Waals surface area contributed by atoms with Crippen LogP contribution in [0.1, 0.15) is 31.9 Å². The third-order valence-corrected chi connectivity index (χ3v) is 4.51. The summed E-state index contributed by atoms with van der Waals surface area (Å²) in [6, 6.07) is 19.0. The van der Waals surface area contributed by atoms with Gasteiger partial charge in [0.15, 0.2) is 0 Å². The van der Waals surface area contributed by atoms with E-state index in [-0.39, 0.29) is 6.10 Å². The lowest BCUT2D eigenvalue weighted by Crippen LogP contribution is -2.32. The Morgan fingerprint density at radius 3 is 2.50 bits per heavy atom. The number of anilines is 1. The van der Waals surface area contributed by atoms with Crippen LogP contribution in [-0.4, -0.2) is 24.1 Å². The first-order valence-corrected chi connectivity index (χ1v) is 9.90. The molecular weight excluding hydrogens is 378 g/mol. The Bertz CT molecular complexity index is 1090. The molecule has 0 heterocycles. The summed E-state index contributed by atoms with van der Waals surface area (Å²) in [7, 11) is 0. The standard InChI is InChI=1S/C24H25N3O3/c1-4-17-9-6-8-12-21(17)26-23(28)24(29)27-25-15-20-19-11-7-5-10-18(19)13-14-22(20)30-16(2)3/h5-16H,4H2,1-3H3,(H,26,28)(H,27,29)/b25-15-. The second-order valence-corrected chi connectivity index (χ2v) is 7.03. The largest absolute Gasteiger partial charge is 0.490 e. The molecule has 154 valence electrons. The molecule has 0 atom stereocenters. The Kier molecular flexibility index (Phi) is 6.80. The number of carbonyl (C=O) groups is 2. The highest BCUT2D eigenvalue weighted by molar-refractivity contribution is 6.39. The molecule has 0 radical (unpaired) electrons. The summed E-state index contributed by atoms with van der Waals surface area (Å²) in [4.78, 5) is 24.4. The number of hydrogen-bond donors (Lipinski definition) is 2. The van der Waals surface area contributed by atoms with Gasteiger partial charge in [-0.1, -0.05) is 55.5 Å². The number of hydrogen-bond acceptors (Lipinski definition) is 4. The molecule has 0 unspecified atom stereocenters. The third kappa shape index (κ3) is 5.03. The summed E-state index contributed by atoms with van der Waals surface area (Å²) in [5, 5.41) is 8.59. The van der Waals surface area contributed by atoms with Crippen molar-refractivity contribution < 1.29 is 14.3 Å². The van der Waals surface area contributed by atoms with E-state index in [1.54, 1.807) is 6.07 Å². The van der Waals surface area contributed by atoms with Crippen LogP contribution >= 0.6 is 0 Å². The van der Waals surface area contributed by atoms with Crippen LogP contribution in [0.25, 0.3) is 10.8 Å². The van der Waals surface area contributed by atoms with E-state index in [1.807, 2.05) is 75.4 Å². The summed E-state index contributed by atoms with van der Waals surface area (Å²) in [5.41, 5.74) is 4.60. The third-order valence-electron chi connectivity index (χ3n) is 4.51. The summed E-state index contributed by atoms with van der Waals surface area (Å²) in [5.74, 6) is -0.962. The number of nitrogens with zero attached hydrogens (tertiary/aromatic N) is 1. The molecule has 2 N–H and O–H groups in total. The van der Waals surface area contributed by atoms with E-state index in [1.165, 1.54) is 6.21 Å². The second kappa shape index (κ2) is 9.69. The van der Waals surface area contributed by atoms with Crippen LogP contribution in [0.15, 0.2) is 65.8 Å². The predicted molar refractivity (Wildman–Crippen MR) is 120 cm³/mol. The van der Waals surface area contributed by atoms with Crippen LogP contribution in [0, 0.1) is 0 Å². The number of ether oxygens (including phenoxy) is 1. The van der Waals surface area contributed by atoms with Gasteiger partial charge in [-0.25, -0.2) is 5.43 Å². The van der Waals surface area contributed by atoms with Gasteiger partial charge in [-0.15, -0.1) is 0 Å². The minimum atomic E-state index is -0.844. The van der Waals surface area contributed by atoms with Gasteiger partial charge >= 0.3 is 11.8 Å². The van der Waals surface area contributed by atoms with E-state index in [9.17, 15) is 9.59 Å². The van der Waals surface area contributed by atoms with Crippen molar-refractivity contribution in [2.45, 2.75) is 33.3 Å². The van der Waals surface area contributed by atoms with E-state index in [4.69, 9.17) is 4.74 Å². The molecule has 0 spiro atoms. The van der Waals surface area contributed by atoms with Crippen LogP contribution in [0.5, 0.6) is 5.75 Å². The van der Waals surface area contributed by atoms with E-state index in [0.717, 1.165) is 28.3 Å². The number of fused-ring (bicyclic) bond motifs is 1. The van der Waals surface area contributed by atoms with Crippen molar-refractivity contribution in [3.63, 3.8) is 0 Å². The van der Waals surface area contributed by atoms with Crippen molar-refractivity contribution in [3.8, 4) is 5.75 Å². The quantitative estimate of drug-likeness (QED) is 0.366. The molecule has 0 fully saturated rings. The average Bonchev–Trinajstić information content (AvgIpc) is 2.74. The molecule has 6 nitrogen and oxygen atoms in total. The molecule has 0 aliphatic heterocycles. The van der Waals surface area contributed by atoms with Crippen molar-refractivity contribution in [2.24, 2.45) is 5.10 Å². The number of hydrazone groups is 1. The van der Waals surface area contributed by atoms with E-state index in [2.05, 4.69) is 15.8 Å². The van der Waals surface area contributed by atoms with Gasteiger partial charge in [-0.3, -0.25) is 9.59 Å². The maximum atomic E-state index is 12.2. The molecular formula is C24H25N3O3. The first-order chi connectivity index (χ1) is 14.5. The lowest BCUT2D eigenvalue weighted by molar-refractivity contribution is -0.136. The van der Waals surface area contributed by atoms with Crippen LogP contribution in [0.2, 0.25) is 0 Å². The molecule has 3 aromatic rings. The Labute approximate surface area is 175 Å². The van der Waals surface area contributed by atoms with Crippen molar-refractivity contribution in [3.05, 3.63) is 71.8 Å². The van der Waals surface area contributed by atoms with Gasteiger partial charge in [0.1, 0.15) is 5.75 Å². The predicted octanol–water partition coefficient (Wildman–Crippen LogP) is 4.28. The highest BCUT2D eigenvalue weighted by atomic mass is 16.5. The summed E-state index contributed by atoms with van der Waals surface area (Å²) >= 11 is 0. The highest BCUT2D eigenvalue weighted by Gasteiger charge is 2.15. The van der Waals surface area contributed by atoms with E-state index >= 15 is 0 Å². The maximum Gasteiger partial charge on any atom is 0.329 e. The molecule has 0 saturated carbocycles. The Morgan fingerprint density at radius 2 is 1.73 bits per heavy atom. The number of aryl methyl sites for hydroxylation is 1. The molecule has 30 heavy (non-hydrogen) atoms. The van der Waals surface area contributed by atoms with E-state index < -0.39 is 11.8 Å². The van der Waals surface area contributed by atoms with Crippen molar-refractivity contribution >= 4 is 34.5 Å². The average molecular weight is 403 g/mol. The molecule has 2 amide bonds. The minimum Gasteiger partial charge on any atom is -0.490 e. The molecule has 0 aliphatic rings. The molecule has 0 saturated heterocycles. The minimum absolute atomic E-state index is 0.0164. The number of benzene rings is 3. The molecule has 0 aliphatic carbocycles. The van der Waals surface area contributed by atoms with Crippen LogP contribution in [-0.2, 0) is 16.0 Å². The SMILES string of the molecule is CCc1ccccc1NC(=O)C(=O)N/N=C\c1c(OC(C)C)ccc2ccccc12. The van der Waals surface area contributed by atoms with Gasteiger partial charge in [-0.05, 0) is 48.7 Å². The molecule has 3 aromatic carbocycles. The van der Waals surface area contributed by atoms with Gasteiger partial charge in [0.2, 0.25) is 0 Å². The Balaban J connectivity index is 1.76. The zero-order valence-electron chi connectivity index (χ0n) is 17.3. The topological polar surface area (TPSA) is 79.8 Å². The van der Waals surface area contributed by atoms with Gasteiger partial charge < -0.3 is 10.1 Å². The lowest BCUT2D eigenvalue weighted by Gasteiger charge is -2.14. The summed E-state index contributed by atoms with van der Waals surface area (Å²) < 4.78 is 5.88. The van der Waals surface area contributed by atoms with Crippen LogP contribution in [0.4, 0.5) is 5.69 Å². The smallest absolute Gasteiger partial charge is 0.329 e. The molecule has 3 rings (SSSR count). The number of carbonyl (C=O) groups excluding carboxylic acids is 2. The number of para-hydroxylation sites is 1. The molecule has 0 bridgehead atoms. The van der Waals surface area contributed by atoms with Gasteiger partial charge in [0.25, 0.3) is 0 Å². The van der Waals surface area contributed by atoms with Crippen molar-refractivity contribution in [1.82, 2.24) is 5.43 Å². The fourth-order valence-corrected chi connectivity index (χ4v) is 3.10. The Hall–Kier alpha value is -3.67. The number of rotatable bonds is 6. The summed E-state index contributed by atoms with van der Waals surface area (Å²) in [6.45, 7) is 5.86. The zero-order valence-corrected chi connectivity index (χ0v) is 17.3. The van der Waals surface area contributed by atoms with E-state index in [0.29, 0.717) is 11.4 Å². The fourth-order valence-electron chi connectivity index (χ4n) is 3.10.